The predicted octanol–water partition coefficient (Wildman–Crippen LogP) is 3.64. The summed E-state index contributed by atoms with van der Waals surface area (Å²) >= 11 is 0. The van der Waals surface area contributed by atoms with Gasteiger partial charge in [0.15, 0.2) is 0 Å². The Balaban J connectivity index is 1.86. The lowest BCUT2D eigenvalue weighted by molar-refractivity contribution is -0.400. The van der Waals surface area contributed by atoms with Crippen LogP contribution in [0.2, 0.25) is 0 Å². The fourth-order valence-electron chi connectivity index (χ4n) is 2.73. The Morgan fingerprint density at radius 2 is 2.05 bits per heavy atom. The first-order valence-corrected chi connectivity index (χ1v) is 7.06. The maximum atomic E-state index is 14.1. The lowest BCUT2D eigenvalue weighted by atomic mass is 10.1. The van der Waals surface area contributed by atoms with Crippen LogP contribution >= 0.6 is 0 Å². The van der Waals surface area contributed by atoms with Crippen molar-refractivity contribution in [2.24, 2.45) is 0 Å². The number of rotatable bonds is 4. The molecule has 0 saturated carbocycles. The van der Waals surface area contributed by atoms with Crippen LogP contribution in [0.25, 0.3) is 6.08 Å². The second kappa shape index (κ2) is 5.97. The second-order valence-electron chi connectivity index (χ2n) is 5.26. The fourth-order valence-corrected chi connectivity index (χ4v) is 2.73. The maximum absolute atomic E-state index is 14.1. The van der Waals surface area contributed by atoms with E-state index in [1.165, 1.54) is 17.7 Å². The van der Waals surface area contributed by atoms with Crippen molar-refractivity contribution in [3.63, 3.8) is 0 Å². The van der Waals surface area contributed by atoms with Crippen molar-refractivity contribution in [1.29, 1.82) is 0 Å². The van der Waals surface area contributed by atoms with Crippen LogP contribution in [-0.4, -0.2) is 11.5 Å². The monoisotopic (exact) mass is 298 g/mol. The molecule has 0 amide bonds. The van der Waals surface area contributed by atoms with Gasteiger partial charge in [-0.25, -0.2) is 4.39 Å². The van der Waals surface area contributed by atoms with E-state index in [1.54, 1.807) is 6.07 Å². The molecule has 112 valence electrons. The third kappa shape index (κ3) is 2.98. The SMILES string of the molecule is O=[N+]([O-])/C=C/c1cc2c(cc1F)N(Cc1ccccc1)CC2. The van der Waals surface area contributed by atoms with E-state index in [0.717, 1.165) is 37.0 Å². The average molecular weight is 298 g/mol. The minimum Gasteiger partial charge on any atom is -0.367 e. The van der Waals surface area contributed by atoms with Gasteiger partial charge in [-0.15, -0.1) is 0 Å². The van der Waals surface area contributed by atoms with Gasteiger partial charge >= 0.3 is 0 Å². The van der Waals surface area contributed by atoms with Gasteiger partial charge in [0.05, 0.1) is 4.92 Å². The van der Waals surface area contributed by atoms with Gasteiger partial charge < -0.3 is 4.90 Å². The zero-order chi connectivity index (χ0) is 15.5. The quantitative estimate of drug-likeness (QED) is 0.639. The van der Waals surface area contributed by atoms with E-state index in [0.29, 0.717) is 0 Å². The molecule has 0 spiro atoms. The molecule has 0 aliphatic carbocycles. The minimum atomic E-state index is -0.589. The standard InChI is InChI=1S/C17H15FN2O2/c18-16-11-17-15(10-14(16)7-9-20(21)22)6-8-19(17)12-13-4-2-1-3-5-13/h1-5,7,9-11H,6,8,12H2/b9-7+. The third-order valence-electron chi connectivity index (χ3n) is 3.78. The molecule has 1 aliphatic rings. The Morgan fingerprint density at radius 3 is 2.77 bits per heavy atom. The van der Waals surface area contributed by atoms with Gasteiger partial charge in [-0.1, -0.05) is 30.3 Å². The van der Waals surface area contributed by atoms with Crippen molar-refractivity contribution in [1.82, 2.24) is 0 Å². The molecule has 0 aromatic heterocycles. The fraction of sp³-hybridized carbons (Fsp3) is 0.176. The van der Waals surface area contributed by atoms with Gasteiger partial charge in [0.2, 0.25) is 6.20 Å². The molecule has 0 N–H and O–H groups in total. The Bertz CT molecular complexity index is 729. The smallest absolute Gasteiger partial charge is 0.235 e. The molecule has 0 saturated heterocycles. The van der Waals surface area contributed by atoms with Crippen LogP contribution in [0.4, 0.5) is 10.1 Å². The van der Waals surface area contributed by atoms with Gasteiger partial charge in [0.1, 0.15) is 5.82 Å². The highest BCUT2D eigenvalue weighted by atomic mass is 19.1. The zero-order valence-electron chi connectivity index (χ0n) is 11.9. The lowest BCUT2D eigenvalue weighted by Crippen LogP contribution is -2.19. The first-order valence-electron chi connectivity index (χ1n) is 7.06. The molecule has 0 bridgehead atoms. The molecule has 0 fully saturated rings. The number of hydrogen-bond acceptors (Lipinski definition) is 3. The first kappa shape index (κ1) is 14.3. The van der Waals surface area contributed by atoms with Crippen molar-refractivity contribution in [2.45, 2.75) is 13.0 Å². The molecule has 0 unspecified atom stereocenters. The number of nitrogens with zero attached hydrogens (tertiary/aromatic N) is 2. The topological polar surface area (TPSA) is 46.4 Å². The summed E-state index contributed by atoms with van der Waals surface area (Å²) in [6, 6.07) is 13.2. The van der Waals surface area contributed by atoms with Gasteiger partial charge in [0, 0.05) is 30.4 Å². The lowest BCUT2D eigenvalue weighted by Gasteiger charge is -2.19. The van der Waals surface area contributed by atoms with Crippen LogP contribution < -0.4 is 4.90 Å². The van der Waals surface area contributed by atoms with E-state index in [1.807, 2.05) is 30.3 Å². The van der Waals surface area contributed by atoms with E-state index < -0.39 is 10.7 Å². The Labute approximate surface area is 127 Å². The molecular weight excluding hydrogens is 283 g/mol. The van der Waals surface area contributed by atoms with Crippen molar-refractivity contribution in [2.75, 3.05) is 11.4 Å². The van der Waals surface area contributed by atoms with Gasteiger partial charge in [-0.3, -0.25) is 10.1 Å². The second-order valence-corrected chi connectivity index (χ2v) is 5.26. The highest BCUT2D eigenvalue weighted by molar-refractivity contribution is 5.64. The summed E-state index contributed by atoms with van der Waals surface area (Å²) < 4.78 is 14.1. The van der Waals surface area contributed by atoms with E-state index in [-0.39, 0.29) is 5.56 Å². The van der Waals surface area contributed by atoms with Gasteiger partial charge in [-0.2, -0.15) is 0 Å². The number of halogens is 1. The third-order valence-corrected chi connectivity index (χ3v) is 3.78. The molecule has 3 rings (SSSR count). The number of nitro groups is 1. The van der Waals surface area contributed by atoms with E-state index in [4.69, 9.17) is 0 Å². The normalized spacial score (nSPS) is 13.6. The van der Waals surface area contributed by atoms with Crippen molar-refractivity contribution >= 4 is 11.8 Å². The average Bonchev–Trinajstić information content (AvgIpc) is 2.88. The molecule has 5 heteroatoms. The molecule has 1 heterocycles. The zero-order valence-corrected chi connectivity index (χ0v) is 11.9. The molecule has 2 aromatic carbocycles. The summed E-state index contributed by atoms with van der Waals surface area (Å²) in [6.07, 6.45) is 2.79. The molecule has 22 heavy (non-hydrogen) atoms. The van der Waals surface area contributed by atoms with Gasteiger partial charge in [0.25, 0.3) is 0 Å². The van der Waals surface area contributed by atoms with Crippen molar-refractivity contribution in [3.05, 3.63) is 81.3 Å². The predicted molar refractivity (Wildman–Crippen MR) is 83.6 cm³/mol. The first-order chi connectivity index (χ1) is 10.6. The van der Waals surface area contributed by atoms with Crippen LogP contribution in [0, 0.1) is 15.9 Å². The summed E-state index contributed by atoms with van der Waals surface area (Å²) in [5.41, 5.74) is 3.34. The van der Waals surface area contributed by atoms with Crippen LogP contribution in [0.15, 0.2) is 48.7 Å². The van der Waals surface area contributed by atoms with Gasteiger partial charge in [-0.05, 0) is 29.7 Å². The summed E-state index contributed by atoms with van der Waals surface area (Å²) in [4.78, 5) is 11.9. The molecular formula is C17H15FN2O2. The van der Waals surface area contributed by atoms with Crippen molar-refractivity contribution in [3.8, 4) is 0 Å². The summed E-state index contributed by atoms with van der Waals surface area (Å²) in [6.45, 7) is 1.56. The Hall–Kier alpha value is -2.69. The van der Waals surface area contributed by atoms with Crippen molar-refractivity contribution < 1.29 is 9.31 Å². The number of fused-ring (bicyclic) bond motifs is 1. The van der Waals surface area contributed by atoms with E-state index >= 15 is 0 Å². The summed E-state index contributed by atoms with van der Waals surface area (Å²) in [5.74, 6) is -0.434. The highest BCUT2D eigenvalue weighted by Crippen LogP contribution is 2.32. The van der Waals surface area contributed by atoms with Crippen LogP contribution in [0.3, 0.4) is 0 Å². The van der Waals surface area contributed by atoms with Crippen LogP contribution in [0.1, 0.15) is 16.7 Å². The largest absolute Gasteiger partial charge is 0.367 e. The Morgan fingerprint density at radius 1 is 1.27 bits per heavy atom. The molecule has 0 atom stereocenters. The number of hydrogen-bond donors (Lipinski definition) is 0. The molecule has 1 aliphatic heterocycles. The minimum absolute atomic E-state index is 0.261. The van der Waals surface area contributed by atoms with E-state index in [9.17, 15) is 14.5 Å². The summed E-state index contributed by atoms with van der Waals surface area (Å²) in [7, 11) is 0. The molecule has 0 radical (unpaired) electrons. The molecule has 4 nitrogen and oxygen atoms in total. The van der Waals surface area contributed by atoms with Crippen LogP contribution in [-0.2, 0) is 13.0 Å². The maximum Gasteiger partial charge on any atom is 0.235 e. The molecule has 2 aromatic rings. The summed E-state index contributed by atoms with van der Waals surface area (Å²) in [5, 5.41) is 10.4. The Kier molecular flexibility index (Phi) is 3.87. The number of anilines is 1. The number of benzene rings is 2. The highest BCUT2D eigenvalue weighted by Gasteiger charge is 2.21. The van der Waals surface area contributed by atoms with Crippen LogP contribution in [0.5, 0.6) is 0 Å². The van der Waals surface area contributed by atoms with E-state index in [2.05, 4.69) is 4.90 Å².